The van der Waals surface area contributed by atoms with Crippen LogP contribution in [0.1, 0.15) is 37.5 Å². The van der Waals surface area contributed by atoms with Crippen LogP contribution in [-0.4, -0.2) is 39.1 Å². The van der Waals surface area contributed by atoms with Crippen LogP contribution >= 0.6 is 0 Å². The van der Waals surface area contributed by atoms with Crippen LogP contribution in [0.15, 0.2) is 24.3 Å². The Bertz CT molecular complexity index is 571. The molecule has 1 aliphatic heterocycles. The molecule has 0 bridgehead atoms. The molecule has 0 fully saturated rings. The van der Waals surface area contributed by atoms with Crippen molar-refractivity contribution in [2.24, 2.45) is 0 Å². The van der Waals surface area contributed by atoms with E-state index in [1.807, 2.05) is 19.1 Å². The van der Waals surface area contributed by atoms with Gasteiger partial charge in [0.25, 0.3) is 0 Å². The first-order valence-corrected chi connectivity index (χ1v) is 9.50. The Morgan fingerprint density at radius 1 is 1.38 bits per heavy atom. The fourth-order valence-electron chi connectivity index (χ4n) is 2.90. The predicted molar refractivity (Wildman–Crippen MR) is 85.2 cm³/mol. The number of rotatable bonds is 6. The lowest BCUT2D eigenvalue weighted by molar-refractivity contribution is 0.0295. The number of hydrogen-bond donors (Lipinski definition) is 1. The SMILES string of the molecule is CCNC(CC1OCCc2ccccc21)C(C)S(C)(=O)=O. The van der Waals surface area contributed by atoms with Gasteiger partial charge in [0, 0.05) is 12.3 Å². The smallest absolute Gasteiger partial charge is 0.151 e. The quantitative estimate of drug-likeness (QED) is 0.874. The number of ether oxygens (including phenoxy) is 1. The molecule has 3 atom stereocenters. The van der Waals surface area contributed by atoms with E-state index in [1.165, 1.54) is 17.4 Å². The van der Waals surface area contributed by atoms with Gasteiger partial charge in [0.05, 0.1) is 18.0 Å². The van der Waals surface area contributed by atoms with Crippen LogP contribution < -0.4 is 5.32 Å². The molecule has 0 amide bonds. The van der Waals surface area contributed by atoms with Gasteiger partial charge in [-0.15, -0.1) is 0 Å². The molecule has 0 saturated carbocycles. The molecule has 2 rings (SSSR count). The van der Waals surface area contributed by atoms with E-state index in [9.17, 15) is 8.42 Å². The summed E-state index contributed by atoms with van der Waals surface area (Å²) in [6.45, 7) is 5.22. The number of fused-ring (bicyclic) bond motifs is 1. The van der Waals surface area contributed by atoms with Gasteiger partial charge in [-0.2, -0.15) is 0 Å². The second kappa shape index (κ2) is 6.90. The largest absolute Gasteiger partial charge is 0.373 e. The van der Waals surface area contributed by atoms with Gasteiger partial charge in [-0.3, -0.25) is 0 Å². The third-order valence-corrected chi connectivity index (χ3v) is 5.95. The third-order valence-electron chi connectivity index (χ3n) is 4.27. The summed E-state index contributed by atoms with van der Waals surface area (Å²) in [6, 6.07) is 8.19. The third kappa shape index (κ3) is 4.05. The van der Waals surface area contributed by atoms with Gasteiger partial charge < -0.3 is 10.1 Å². The number of benzene rings is 1. The highest BCUT2D eigenvalue weighted by Gasteiger charge is 2.30. The molecule has 0 aromatic heterocycles. The van der Waals surface area contributed by atoms with Crippen LogP contribution in [0.4, 0.5) is 0 Å². The molecule has 3 unspecified atom stereocenters. The number of hydrogen-bond acceptors (Lipinski definition) is 4. The van der Waals surface area contributed by atoms with Crippen molar-refractivity contribution >= 4 is 9.84 Å². The van der Waals surface area contributed by atoms with Crippen LogP contribution in [0.3, 0.4) is 0 Å². The minimum Gasteiger partial charge on any atom is -0.373 e. The Morgan fingerprint density at radius 2 is 2.10 bits per heavy atom. The van der Waals surface area contributed by atoms with Gasteiger partial charge in [0.1, 0.15) is 0 Å². The minimum absolute atomic E-state index is 0.0248. The fraction of sp³-hybridized carbons (Fsp3) is 0.625. The summed E-state index contributed by atoms with van der Waals surface area (Å²) in [7, 11) is -3.07. The van der Waals surface area contributed by atoms with Gasteiger partial charge in [-0.1, -0.05) is 31.2 Å². The van der Waals surface area contributed by atoms with Crippen molar-refractivity contribution in [3.63, 3.8) is 0 Å². The van der Waals surface area contributed by atoms with Gasteiger partial charge >= 0.3 is 0 Å². The van der Waals surface area contributed by atoms with E-state index in [0.29, 0.717) is 13.0 Å². The Morgan fingerprint density at radius 3 is 2.76 bits per heavy atom. The molecule has 0 saturated heterocycles. The average molecular weight is 311 g/mol. The van der Waals surface area contributed by atoms with E-state index < -0.39 is 15.1 Å². The van der Waals surface area contributed by atoms with Crippen LogP contribution in [0.25, 0.3) is 0 Å². The molecule has 1 aliphatic rings. The summed E-state index contributed by atoms with van der Waals surface area (Å²) < 4.78 is 29.6. The predicted octanol–water partition coefficient (Wildman–Crippen LogP) is 2.10. The van der Waals surface area contributed by atoms with Crippen LogP contribution in [0, 0.1) is 0 Å². The first-order chi connectivity index (χ1) is 9.93. The summed E-state index contributed by atoms with van der Waals surface area (Å²) >= 11 is 0. The second-order valence-corrected chi connectivity index (χ2v) is 8.15. The zero-order valence-corrected chi connectivity index (χ0v) is 13.8. The van der Waals surface area contributed by atoms with Gasteiger partial charge in [-0.05, 0) is 37.4 Å². The van der Waals surface area contributed by atoms with Gasteiger partial charge in [-0.25, -0.2) is 8.42 Å². The average Bonchev–Trinajstić information content (AvgIpc) is 2.45. The Hall–Kier alpha value is -0.910. The molecule has 21 heavy (non-hydrogen) atoms. The number of sulfone groups is 1. The molecular formula is C16H25NO3S. The fourth-order valence-corrected chi connectivity index (χ4v) is 3.71. The standard InChI is InChI=1S/C16H25NO3S/c1-4-17-15(12(2)21(3,18)19)11-16-14-8-6-5-7-13(14)9-10-20-16/h5-8,12,15-17H,4,9-11H2,1-3H3. The van der Waals surface area contributed by atoms with E-state index in [2.05, 4.69) is 17.4 Å². The monoisotopic (exact) mass is 311 g/mol. The lowest BCUT2D eigenvalue weighted by Gasteiger charge is -2.31. The van der Waals surface area contributed by atoms with E-state index >= 15 is 0 Å². The van der Waals surface area contributed by atoms with E-state index in [4.69, 9.17) is 4.74 Å². The Balaban J connectivity index is 2.18. The summed E-state index contributed by atoms with van der Waals surface area (Å²) in [5.74, 6) is 0. The van der Waals surface area contributed by atoms with Crippen LogP contribution in [-0.2, 0) is 21.0 Å². The van der Waals surface area contributed by atoms with Crippen molar-refractivity contribution in [2.45, 2.75) is 44.1 Å². The van der Waals surface area contributed by atoms with Crippen molar-refractivity contribution in [1.29, 1.82) is 0 Å². The second-order valence-electron chi connectivity index (χ2n) is 5.74. The van der Waals surface area contributed by atoms with E-state index in [-0.39, 0.29) is 12.1 Å². The van der Waals surface area contributed by atoms with Crippen molar-refractivity contribution in [3.05, 3.63) is 35.4 Å². The lowest BCUT2D eigenvalue weighted by Crippen LogP contribution is -2.43. The van der Waals surface area contributed by atoms with Gasteiger partial charge in [0.15, 0.2) is 9.84 Å². The van der Waals surface area contributed by atoms with Crippen LogP contribution in [0.5, 0.6) is 0 Å². The lowest BCUT2D eigenvalue weighted by atomic mass is 9.93. The van der Waals surface area contributed by atoms with Crippen molar-refractivity contribution in [1.82, 2.24) is 5.32 Å². The molecule has 0 radical (unpaired) electrons. The van der Waals surface area contributed by atoms with Crippen molar-refractivity contribution in [3.8, 4) is 0 Å². The topological polar surface area (TPSA) is 55.4 Å². The van der Waals surface area contributed by atoms with E-state index in [1.54, 1.807) is 6.92 Å². The zero-order chi connectivity index (χ0) is 15.5. The molecule has 4 nitrogen and oxygen atoms in total. The highest BCUT2D eigenvalue weighted by Crippen LogP contribution is 2.31. The highest BCUT2D eigenvalue weighted by atomic mass is 32.2. The molecule has 0 spiro atoms. The summed E-state index contributed by atoms with van der Waals surface area (Å²) in [5, 5.41) is 2.89. The van der Waals surface area contributed by atoms with E-state index in [0.717, 1.165) is 13.0 Å². The zero-order valence-electron chi connectivity index (χ0n) is 13.0. The molecule has 1 heterocycles. The maximum atomic E-state index is 11.9. The van der Waals surface area contributed by atoms with Crippen molar-refractivity contribution < 1.29 is 13.2 Å². The summed E-state index contributed by atoms with van der Waals surface area (Å²) in [6.07, 6.45) is 2.89. The summed E-state index contributed by atoms with van der Waals surface area (Å²) in [4.78, 5) is 0. The molecule has 1 aromatic carbocycles. The Labute approximate surface area is 127 Å². The molecule has 1 N–H and O–H groups in total. The maximum absolute atomic E-state index is 11.9. The molecule has 118 valence electrons. The summed E-state index contributed by atoms with van der Waals surface area (Å²) in [5.41, 5.74) is 2.52. The van der Waals surface area contributed by atoms with Gasteiger partial charge in [0.2, 0.25) is 0 Å². The molecule has 1 aromatic rings. The highest BCUT2D eigenvalue weighted by molar-refractivity contribution is 7.91. The minimum atomic E-state index is -3.07. The molecule has 0 aliphatic carbocycles. The first-order valence-electron chi connectivity index (χ1n) is 7.55. The molecular weight excluding hydrogens is 286 g/mol. The normalized spacial score (nSPS) is 21.6. The maximum Gasteiger partial charge on any atom is 0.151 e. The molecule has 5 heteroatoms. The Kier molecular flexibility index (Phi) is 5.41. The number of nitrogens with one attached hydrogen (secondary N) is 1. The van der Waals surface area contributed by atoms with Crippen molar-refractivity contribution in [2.75, 3.05) is 19.4 Å². The van der Waals surface area contributed by atoms with Crippen LogP contribution in [0.2, 0.25) is 0 Å². The first kappa shape index (κ1) is 16.5.